The summed E-state index contributed by atoms with van der Waals surface area (Å²) >= 11 is 0. The Kier molecular flexibility index (Phi) is 2.86. The number of hydrogen-bond donors (Lipinski definition) is 0. The van der Waals surface area contributed by atoms with E-state index >= 15 is 0 Å². The van der Waals surface area contributed by atoms with Crippen molar-refractivity contribution in [3.8, 4) is 17.2 Å². The number of carbonyl (C=O) groups is 1. The Bertz CT molecular complexity index is 981. The first-order chi connectivity index (χ1) is 12.2. The Hall–Kier alpha value is -3.01. The van der Waals surface area contributed by atoms with Crippen molar-refractivity contribution in [2.45, 2.75) is 18.6 Å². The fourth-order valence-electron chi connectivity index (χ4n) is 3.79. The first kappa shape index (κ1) is 14.3. The minimum absolute atomic E-state index is 0.0868. The normalized spacial score (nSPS) is 16.9. The second-order valence-corrected chi connectivity index (χ2v) is 6.40. The molecular weight excluding hydrogens is 316 g/mol. The Morgan fingerprint density at radius 2 is 1.72 bits per heavy atom. The van der Waals surface area contributed by atoms with Gasteiger partial charge in [0, 0.05) is 24.0 Å². The van der Waals surface area contributed by atoms with Gasteiger partial charge in [-0.25, -0.2) is 0 Å². The monoisotopic (exact) mass is 332 g/mol. The van der Waals surface area contributed by atoms with Gasteiger partial charge in [0.2, 0.25) is 0 Å². The summed E-state index contributed by atoms with van der Waals surface area (Å²) in [6.45, 7) is 0. The van der Waals surface area contributed by atoms with Gasteiger partial charge in [-0.05, 0) is 35.7 Å². The third kappa shape index (κ3) is 1.97. The van der Waals surface area contributed by atoms with Gasteiger partial charge in [0.05, 0.1) is 12.5 Å². The molecule has 4 heteroatoms. The number of carbonyl (C=O) groups excluding carboxylic acids is 1. The molecule has 1 aliphatic carbocycles. The number of ether oxygens (including phenoxy) is 3. The van der Waals surface area contributed by atoms with Crippen LogP contribution in [-0.4, -0.2) is 12.9 Å². The van der Waals surface area contributed by atoms with E-state index in [1.54, 1.807) is 13.2 Å². The van der Waals surface area contributed by atoms with Crippen LogP contribution in [0.4, 0.5) is 0 Å². The van der Waals surface area contributed by atoms with Crippen molar-refractivity contribution in [2.75, 3.05) is 7.11 Å². The highest BCUT2D eigenvalue weighted by atomic mass is 16.7. The lowest BCUT2D eigenvalue weighted by molar-refractivity contribution is -0.134. The lowest BCUT2D eigenvalue weighted by atomic mass is 9.84. The summed E-state index contributed by atoms with van der Waals surface area (Å²) in [7, 11) is 1.59. The topological polar surface area (TPSA) is 44.8 Å². The molecular formula is C21H16O4. The van der Waals surface area contributed by atoms with E-state index in [0.717, 1.165) is 27.8 Å². The van der Waals surface area contributed by atoms with Crippen LogP contribution in [0, 0.1) is 0 Å². The summed E-state index contributed by atoms with van der Waals surface area (Å²) in [4.78, 5) is 12.4. The first-order valence-corrected chi connectivity index (χ1v) is 8.32. The summed E-state index contributed by atoms with van der Waals surface area (Å²) < 4.78 is 18.0. The molecule has 3 aromatic rings. The zero-order chi connectivity index (χ0) is 17.0. The fourth-order valence-corrected chi connectivity index (χ4v) is 3.79. The number of hydrogen-bond acceptors (Lipinski definition) is 4. The molecule has 2 aliphatic rings. The van der Waals surface area contributed by atoms with Crippen molar-refractivity contribution in [2.24, 2.45) is 0 Å². The summed E-state index contributed by atoms with van der Waals surface area (Å²) in [5.41, 5.74) is 1.37. The van der Waals surface area contributed by atoms with E-state index in [1.807, 2.05) is 48.5 Å². The van der Waals surface area contributed by atoms with E-state index in [9.17, 15) is 4.79 Å². The van der Waals surface area contributed by atoms with E-state index in [2.05, 4.69) is 0 Å². The Labute approximate surface area is 144 Å². The molecule has 0 atom stereocenters. The number of methoxy groups -OCH3 is 1. The van der Waals surface area contributed by atoms with Crippen molar-refractivity contribution in [3.05, 3.63) is 65.7 Å². The zero-order valence-electron chi connectivity index (χ0n) is 13.7. The van der Waals surface area contributed by atoms with Gasteiger partial charge in [-0.2, -0.15) is 0 Å². The van der Waals surface area contributed by atoms with Gasteiger partial charge in [0.15, 0.2) is 5.78 Å². The minimum Gasteiger partial charge on any atom is -0.497 e. The van der Waals surface area contributed by atoms with Gasteiger partial charge < -0.3 is 14.2 Å². The SMILES string of the molecule is COc1ccc2c(c1)C(=O)CCC21Oc2cccc3cccc(c23)O1. The zero-order valence-corrected chi connectivity index (χ0v) is 13.7. The maximum Gasteiger partial charge on any atom is 0.279 e. The van der Waals surface area contributed by atoms with Gasteiger partial charge in [-0.15, -0.1) is 0 Å². The van der Waals surface area contributed by atoms with E-state index in [0.29, 0.717) is 24.2 Å². The van der Waals surface area contributed by atoms with Crippen molar-refractivity contribution in [3.63, 3.8) is 0 Å². The molecule has 4 nitrogen and oxygen atoms in total. The number of Topliss-reactive ketones (excluding diaryl/α,β-unsaturated/α-hetero) is 1. The van der Waals surface area contributed by atoms with E-state index < -0.39 is 5.79 Å². The molecule has 0 aromatic heterocycles. The number of benzene rings is 3. The summed E-state index contributed by atoms with van der Waals surface area (Å²) in [6, 6.07) is 17.4. The van der Waals surface area contributed by atoms with E-state index in [1.165, 1.54) is 0 Å². The smallest absolute Gasteiger partial charge is 0.279 e. The van der Waals surface area contributed by atoms with Crippen molar-refractivity contribution >= 4 is 16.6 Å². The average Bonchev–Trinajstić information content (AvgIpc) is 2.65. The van der Waals surface area contributed by atoms with Gasteiger partial charge >= 0.3 is 0 Å². The average molecular weight is 332 g/mol. The predicted octanol–water partition coefficient (Wildman–Crippen LogP) is 4.45. The molecule has 3 aromatic carbocycles. The third-order valence-corrected chi connectivity index (χ3v) is 5.00. The molecule has 0 fully saturated rings. The minimum atomic E-state index is -0.974. The van der Waals surface area contributed by atoms with Gasteiger partial charge in [-0.1, -0.05) is 24.3 Å². The number of fused-ring (bicyclic) bond motifs is 2. The Balaban J connectivity index is 1.72. The van der Waals surface area contributed by atoms with Crippen LogP contribution in [-0.2, 0) is 5.79 Å². The molecule has 25 heavy (non-hydrogen) atoms. The second kappa shape index (κ2) is 4.99. The molecule has 0 amide bonds. The highest BCUT2D eigenvalue weighted by Gasteiger charge is 2.46. The number of ketones is 1. The molecule has 1 spiro atoms. The third-order valence-electron chi connectivity index (χ3n) is 5.00. The van der Waals surface area contributed by atoms with Crippen LogP contribution in [0.5, 0.6) is 17.2 Å². The maximum absolute atomic E-state index is 12.4. The van der Waals surface area contributed by atoms with Gasteiger partial charge in [-0.3, -0.25) is 4.79 Å². The molecule has 0 saturated carbocycles. The highest BCUT2D eigenvalue weighted by Crippen LogP contribution is 2.49. The molecule has 1 heterocycles. The second-order valence-electron chi connectivity index (χ2n) is 6.40. The first-order valence-electron chi connectivity index (χ1n) is 8.32. The summed E-state index contributed by atoms with van der Waals surface area (Å²) in [5, 5.41) is 2.05. The van der Waals surface area contributed by atoms with Gasteiger partial charge in [0.25, 0.3) is 5.79 Å². The molecule has 0 saturated heterocycles. The highest BCUT2D eigenvalue weighted by molar-refractivity contribution is 6.00. The van der Waals surface area contributed by atoms with Crippen LogP contribution < -0.4 is 14.2 Å². The lowest BCUT2D eigenvalue weighted by Crippen LogP contribution is -2.45. The van der Waals surface area contributed by atoms with Crippen molar-refractivity contribution in [1.29, 1.82) is 0 Å². The Morgan fingerprint density at radius 3 is 2.40 bits per heavy atom. The van der Waals surface area contributed by atoms with E-state index in [4.69, 9.17) is 14.2 Å². The fraction of sp³-hybridized carbons (Fsp3) is 0.190. The predicted molar refractivity (Wildman–Crippen MR) is 93.4 cm³/mol. The lowest BCUT2D eigenvalue weighted by Gasteiger charge is -2.41. The van der Waals surface area contributed by atoms with E-state index in [-0.39, 0.29) is 5.78 Å². The maximum atomic E-state index is 12.4. The molecule has 0 N–H and O–H groups in total. The standard InChI is InChI=1S/C21H16O4/c1-23-14-8-9-16-15(12-14)17(22)10-11-21(16)24-18-6-2-4-13-5-3-7-19(25-21)20(13)18/h2-9,12H,10-11H2,1H3. The van der Waals surface area contributed by atoms with Crippen molar-refractivity contribution < 1.29 is 19.0 Å². The van der Waals surface area contributed by atoms with Crippen LogP contribution in [0.3, 0.4) is 0 Å². The van der Waals surface area contributed by atoms with Crippen LogP contribution in [0.15, 0.2) is 54.6 Å². The number of rotatable bonds is 1. The van der Waals surface area contributed by atoms with Crippen LogP contribution in [0.25, 0.3) is 10.8 Å². The molecule has 0 unspecified atom stereocenters. The Morgan fingerprint density at radius 1 is 1.00 bits per heavy atom. The van der Waals surface area contributed by atoms with Gasteiger partial charge in [0.1, 0.15) is 17.2 Å². The van der Waals surface area contributed by atoms with Crippen molar-refractivity contribution in [1.82, 2.24) is 0 Å². The summed E-state index contributed by atoms with van der Waals surface area (Å²) in [5.74, 6) is 1.34. The molecule has 5 rings (SSSR count). The van der Waals surface area contributed by atoms with Crippen LogP contribution in [0.1, 0.15) is 28.8 Å². The molecule has 0 bridgehead atoms. The quantitative estimate of drug-likeness (QED) is 0.660. The summed E-state index contributed by atoms with van der Waals surface area (Å²) in [6.07, 6.45) is 0.855. The van der Waals surface area contributed by atoms with Crippen LogP contribution in [0.2, 0.25) is 0 Å². The largest absolute Gasteiger partial charge is 0.497 e. The molecule has 124 valence electrons. The molecule has 0 radical (unpaired) electrons. The molecule has 1 aliphatic heterocycles. The van der Waals surface area contributed by atoms with Crippen LogP contribution >= 0.6 is 0 Å².